The second-order valence-corrected chi connectivity index (χ2v) is 5.95. The van der Waals surface area contributed by atoms with E-state index in [1.165, 1.54) is 31.4 Å². The molecule has 0 atom stereocenters. The Kier molecular flexibility index (Phi) is 11.5. The van der Waals surface area contributed by atoms with E-state index in [-0.39, 0.29) is 0 Å². The van der Waals surface area contributed by atoms with Crippen LogP contribution in [-0.2, 0) is 17.0 Å². The molecular formula is C11H17Cl2NTi-2. The maximum atomic E-state index is 4.89. The van der Waals surface area contributed by atoms with E-state index < -0.39 is 17.0 Å². The molecule has 0 aromatic carbocycles. The fourth-order valence-electron chi connectivity index (χ4n) is 1.31. The molecule has 0 bridgehead atoms. The van der Waals surface area contributed by atoms with Gasteiger partial charge < -0.3 is 11.4 Å². The van der Waals surface area contributed by atoms with Crippen LogP contribution in [0.2, 0.25) is 0 Å². The van der Waals surface area contributed by atoms with Gasteiger partial charge in [0.25, 0.3) is 0 Å². The van der Waals surface area contributed by atoms with Gasteiger partial charge in [-0.2, -0.15) is 12.8 Å². The van der Waals surface area contributed by atoms with Gasteiger partial charge in [0.15, 0.2) is 0 Å². The minimum absolute atomic E-state index is 0.556. The van der Waals surface area contributed by atoms with Crippen LogP contribution in [0, 0.1) is 26.3 Å². The Labute approximate surface area is 110 Å². The van der Waals surface area contributed by atoms with E-state index in [4.69, 9.17) is 18.6 Å². The van der Waals surface area contributed by atoms with Crippen molar-refractivity contribution in [2.45, 2.75) is 39.5 Å². The number of H-pyrrole nitrogens is 1. The molecule has 1 aromatic rings. The Morgan fingerprint density at radius 1 is 1.33 bits per heavy atom. The van der Waals surface area contributed by atoms with Gasteiger partial charge in [-0.15, -0.1) is 5.69 Å². The Hall–Kier alpha value is 0.574. The van der Waals surface area contributed by atoms with E-state index in [0.29, 0.717) is 0 Å². The van der Waals surface area contributed by atoms with Crippen LogP contribution in [-0.4, -0.2) is 4.98 Å². The van der Waals surface area contributed by atoms with Gasteiger partial charge in [-0.05, 0) is 6.92 Å². The van der Waals surface area contributed by atoms with E-state index in [1.54, 1.807) is 0 Å². The van der Waals surface area contributed by atoms with Crippen LogP contribution in [0.3, 0.4) is 0 Å². The average molecular weight is 282 g/mol. The molecule has 86 valence electrons. The molecule has 1 saturated carbocycles. The first kappa shape index (κ1) is 15.6. The van der Waals surface area contributed by atoms with Crippen LogP contribution in [0.5, 0.6) is 0 Å². The van der Waals surface area contributed by atoms with E-state index in [0.717, 1.165) is 5.69 Å². The number of hydrogen-bond acceptors (Lipinski definition) is 0. The van der Waals surface area contributed by atoms with E-state index >= 15 is 0 Å². The van der Waals surface area contributed by atoms with E-state index in [9.17, 15) is 0 Å². The standard InChI is InChI=1S/C6H8N.C5H9.2ClH.Ti/c1-5-3-4-6(2)7-5;1-2-4-5-3-1;;;/h3,7H,1-2H3;1H,2-5H2;2*1H;/q2*-1;;;+2/p-2. The molecule has 1 nitrogen and oxygen atoms in total. The third-order valence-electron chi connectivity index (χ3n) is 1.96. The molecule has 15 heavy (non-hydrogen) atoms. The molecule has 2 rings (SSSR count). The zero-order valence-corrected chi connectivity index (χ0v) is 12.3. The number of aromatic amines is 1. The molecule has 0 aliphatic heterocycles. The quantitative estimate of drug-likeness (QED) is 0.530. The van der Waals surface area contributed by atoms with Gasteiger partial charge in [0.1, 0.15) is 0 Å². The molecule has 4 heteroatoms. The summed E-state index contributed by atoms with van der Waals surface area (Å²) in [7, 11) is 9.78. The molecule has 1 heterocycles. The Balaban J connectivity index is 0.000000216. The molecule has 0 saturated heterocycles. The summed E-state index contributed by atoms with van der Waals surface area (Å²) < 4.78 is 0. The number of halogens is 2. The first-order chi connectivity index (χ1) is 7.20. The second kappa shape index (κ2) is 11.1. The summed E-state index contributed by atoms with van der Waals surface area (Å²) in [4.78, 5) is 3.08. The van der Waals surface area contributed by atoms with Gasteiger partial charge in [0.2, 0.25) is 0 Å². The summed E-state index contributed by atoms with van der Waals surface area (Å²) >= 11 is -0.556. The van der Waals surface area contributed by atoms with Crippen molar-refractivity contribution in [3.05, 3.63) is 29.9 Å². The summed E-state index contributed by atoms with van der Waals surface area (Å²) in [6, 6.07) is 4.95. The molecule has 1 aliphatic carbocycles. The van der Waals surface area contributed by atoms with Gasteiger partial charge >= 0.3 is 35.6 Å². The molecule has 1 aliphatic rings. The van der Waals surface area contributed by atoms with Gasteiger partial charge in [0, 0.05) is 0 Å². The monoisotopic (exact) mass is 281 g/mol. The van der Waals surface area contributed by atoms with Gasteiger partial charge in [-0.25, -0.2) is 12.1 Å². The zero-order chi connectivity index (χ0) is 11.5. The molecule has 0 radical (unpaired) electrons. The van der Waals surface area contributed by atoms with E-state index in [1.807, 2.05) is 19.9 Å². The predicted octanol–water partition coefficient (Wildman–Crippen LogP) is 4.57. The number of hydrogen-bond donors (Lipinski definition) is 1. The predicted molar refractivity (Wildman–Crippen MR) is 63.6 cm³/mol. The summed E-state index contributed by atoms with van der Waals surface area (Å²) in [6.07, 6.45) is 8.00. The van der Waals surface area contributed by atoms with E-state index in [2.05, 4.69) is 17.5 Å². The molecular weight excluding hydrogens is 265 g/mol. The van der Waals surface area contributed by atoms with Crippen LogP contribution in [0.15, 0.2) is 6.07 Å². The maximum absolute atomic E-state index is 4.89. The fourth-order valence-corrected chi connectivity index (χ4v) is 1.31. The summed E-state index contributed by atoms with van der Waals surface area (Å²) in [6.45, 7) is 4.01. The molecule has 0 amide bonds. The third-order valence-corrected chi connectivity index (χ3v) is 1.96. The van der Waals surface area contributed by atoms with Crippen LogP contribution < -0.4 is 0 Å². The normalized spacial score (nSPS) is 13.3. The molecule has 1 aromatic heterocycles. The van der Waals surface area contributed by atoms with Crippen molar-refractivity contribution in [3.63, 3.8) is 0 Å². The molecule has 1 N–H and O–H groups in total. The number of aryl methyl sites for hydroxylation is 2. The summed E-state index contributed by atoms with van der Waals surface area (Å²) in [5.41, 5.74) is 2.29. The van der Waals surface area contributed by atoms with Gasteiger partial charge in [0.05, 0.1) is 0 Å². The zero-order valence-electron chi connectivity index (χ0n) is 9.24. The number of nitrogens with one attached hydrogen (secondary N) is 1. The topological polar surface area (TPSA) is 15.8 Å². The van der Waals surface area contributed by atoms with Crippen molar-refractivity contribution < 1.29 is 17.0 Å². The van der Waals surface area contributed by atoms with Crippen molar-refractivity contribution in [3.8, 4) is 0 Å². The average Bonchev–Trinajstić information content (AvgIpc) is 2.81. The van der Waals surface area contributed by atoms with Crippen molar-refractivity contribution in [1.29, 1.82) is 0 Å². The van der Waals surface area contributed by atoms with Gasteiger partial charge in [-0.3, -0.25) is 0 Å². The summed E-state index contributed by atoms with van der Waals surface area (Å²) in [5.74, 6) is 0. The SMILES string of the molecule is Cc1[c-]cc(C)[nH]1.[CH-]1CCCC1.[Cl][Ti][Cl]. The molecule has 0 spiro atoms. The number of rotatable bonds is 0. The second-order valence-electron chi connectivity index (χ2n) is 3.37. The first-order valence-corrected chi connectivity index (χ1v) is 9.32. The molecule has 0 unspecified atom stereocenters. The van der Waals surface area contributed by atoms with Crippen molar-refractivity contribution >= 4 is 18.6 Å². The van der Waals surface area contributed by atoms with Crippen LogP contribution in [0.25, 0.3) is 0 Å². The van der Waals surface area contributed by atoms with Crippen molar-refractivity contribution in [1.82, 2.24) is 4.98 Å². The van der Waals surface area contributed by atoms with Crippen molar-refractivity contribution in [2.24, 2.45) is 0 Å². The minimum atomic E-state index is -0.556. The fraction of sp³-hybridized carbons (Fsp3) is 0.545. The molecule has 1 fully saturated rings. The summed E-state index contributed by atoms with van der Waals surface area (Å²) in [5, 5.41) is 0. The van der Waals surface area contributed by atoms with Crippen LogP contribution in [0.4, 0.5) is 0 Å². The Bertz CT molecular complexity index is 210. The third kappa shape index (κ3) is 10.8. The van der Waals surface area contributed by atoms with Gasteiger partial charge in [-0.1, -0.05) is 25.5 Å². The van der Waals surface area contributed by atoms with Crippen LogP contribution in [0.1, 0.15) is 37.1 Å². The first-order valence-electron chi connectivity index (χ1n) is 5.02. The van der Waals surface area contributed by atoms with Crippen LogP contribution >= 0.6 is 18.6 Å². The van der Waals surface area contributed by atoms with Crippen molar-refractivity contribution in [2.75, 3.05) is 0 Å². The Morgan fingerprint density at radius 2 is 1.87 bits per heavy atom. The number of aromatic nitrogens is 1. The Morgan fingerprint density at radius 3 is 2.00 bits per heavy atom.